The highest BCUT2D eigenvalue weighted by Crippen LogP contribution is 2.64. The molecule has 0 fully saturated rings. The van der Waals surface area contributed by atoms with E-state index in [0.29, 0.717) is 0 Å². The van der Waals surface area contributed by atoms with Crippen LogP contribution >= 0.6 is 0 Å². The lowest BCUT2D eigenvalue weighted by Gasteiger charge is -2.54. The SMILES string of the molecule is CC12c3ccccc3C(C)(c3ccccc31)c1c2ccc(O)c1O. The lowest BCUT2D eigenvalue weighted by Crippen LogP contribution is -2.48. The Balaban J connectivity index is 2.06. The second-order valence-corrected chi connectivity index (χ2v) is 7.20. The molecule has 0 radical (unpaired) electrons. The molecule has 0 saturated heterocycles. The fourth-order valence-electron chi connectivity index (χ4n) is 5.06. The molecule has 118 valence electrons. The number of rotatable bonds is 0. The predicted octanol–water partition coefficient (Wildman–Crippen LogP) is 4.43. The lowest BCUT2D eigenvalue weighted by molar-refractivity contribution is 0.383. The van der Waals surface area contributed by atoms with Crippen LogP contribution in [0.4, 0.5) is 0 Å². The molecule has 3 aliphatic carbocycles. The van der Waals surface area contributed by atoms with E-state index in [-0.39, 0.29) is 16.9 Å². The van der Waals surface area contributed by atoms with Crippen molar-refractivity contribution in [2.24, 2.45) is 0 Å². The van der Waals surface area contributed by atoms with Gasteiger partial charge in [-0.1, -0.05) is 54.6 Å². The number of hydrogen-bond acceptors (Lipinski definition) is 2. The third kappa shape index (κ3) is 1.23. The molecule has 2 nitrogen and oxygen atoms in total. The Hall–Kier alpha value is -2.74. The van der Waals surface area contributed by atoms with E-state index in [1.165, 1.54) is 22.3 Å². The van der Waals surface area contributed by atoms with Gasteiger partial charge in [0, 0.05) is 16.4 Å². The molecule has 3 aromatic rings. The van der Waals surface area contributed by atoms with Crippen LogP contribution in [0.5, 0.6) is 11.5 Å². The van der Waals surface area contributed by atoms with Gasteiger partial charge >= 0.3 is 0 Å². The summed E-state index contributed by atoms with van der Waals surface area (Å²) >= 11 is 0. The average Bonchev–Trinajstić information content (AvgIpc) is 2.61. The molecule has 3 aromatic carbocycles. The van der Waals surface area contributed by atoms with Crippen molar-refractivity contribution in [3.05, 3.63) is 94.0 Å². The molecule has 2 N–H and O–H groups in total. The number of benzene rings is 3. The molecule has 0 amide bonds. The van der Waals surface area contributed by atoms with E-state index in [2.05, 4.69) is 62.4 Å². The van der Waals surface area contributed by atoms with Gasteiger partial charge in [-0.3, -0.25) is 0 Å². The first-order chi connectivity index (χ1) is 11.5. The summed E-state index contributed by atoms with van der Waals surface area (Å²) in [7, 11) is 0. The van der Waals surface area contributed by atoms with Gasteiger partial charge in [-0.15, -0.1) is 0 Å². The minimum atomic E-state index is -0.469. The largest absolute Gasteiger partial charge is 0.504 e. The van der Waals surface area contributed by atoms with Crippen molar-refractivity contribution in [3.63, 3.8) is 0 Å². The zero-order valence-electron chi connectivity index (χ0n) is 13.7. The fourth-order valence-corrected chi connectivity index (χ4v) is 5.06. The highest BCUT2D eigenvalue weighted by molar-refractivity contribution is 5.77. The normalized spacial score (nSPS) is 25.8. The Bertz CT molecular complexity index is 969. The lowest BCUT2D eigenvalue weighted by atomic mass is 9.48. The number of phenols is 2. The molecule has 0 aliphatic heterocycles. The van der Waals surface area contributed by atoms with Crippen LogP contribution in [0.2, 0.25) is 0 Å². The summed E-state index contributed by atoms with van der Waals surface area (Å²) in [5.74, 6) is -0.0497. The zero-order chi connectivity index (χ0) is 16.7. The minimum absolute atomic E-state index is 0.00484. The van der Waals surface area contributed by atoms with Crippen LogP contribution in [0.25, 0.3) is 0 Å². The first-order valence-corrected chi connectivity index (χ1v) is 8.26. The van der Waals surface area contributed by atoms with E-state index < -0.39 is 5.41 Å². The molecule has 2 bridgehead atoms. The maximum absolute atomic E-state index is 10.7. The van der Waals surface area contributed by atoms with Crippen LogP contribution < -0.4 is 0 Å². The van der Waals surface area contributed by atoms with E-state index in [0.717, 1.165) is 11.1 Å². The highest BCUT2D eigenvalue weighted by Gasteiger charge is 2.55. The summed E-state index contributed by atoms with van der Waals surface area (Å²) in [6.07, 6.45) is 0. The smallest absolute Gasteiger partial charge is 0.162 e. The van der Waals surface area contributed by atoms with E-state index in [9.17, 15) is 10.2 Å². The number of phenolic OH excluding ortho intramolecular Hbond substituents is 2. The van der Waals surface area contributed by atoms with Crippen LogP contribution in [-0.2, 0) is 10.8 Å². The molecule has 0 unspecified atom stereocenters. The number of hydrogen-bond donors (Lipinski definition) is 2. The Morgan fingerprint density at radius 3 is 1.54 bits per heavy atom. The summed E-state index contributed by atoms with van der Waals surface area (Å²) in [6.45, 7) is 4.38. The Labute approximate surface area is 141 Å². The molecule has 0 spiro atoms. The van der Waals surface area contributed by atoms with Gasteiger partial charge in [0.15, 0.2) is 11.5 Å². The molecule has 2 heteroatoms. The maximum atomic E-state index is 10.7. The van der Waals surface area contributed by atoms with Crippen molar-refractivity contribution in [1.29, 1.82) is 0 Å². The predicted molar refractivity (Wildman–Crippen MR) is 93.8 cm³/mol. The molecular formula is C22H18O2. The third-order valence-electron chi connectivity index (χ3n) is 6.20. The van der Waals surface area contributed by atoms with Gasteiger partial charge in [-0.05, 0) is 47.7 Å². The molecule has 0 saturated carbocycles. The Morgan fingerprint density at radius 2 is 1.04 bits per heavy atom. The van der Waals surface area contributed by atoms with Crippen molar-refractivity contribution in [2.45, 2.75) is 24.7 Å². The topological polar surface area (TPSA) is 40.5 Å². The van der Waals surface area contributed by atoms with Crippen LogP contribution in [0, 0.1) is 0 Å². The Kier molecular flexibility index (Phi) is 2.29. The standard InChI is InChI=1S/C22H18O2/c1-21-13-7-3-5-9-15(13)22(2,16-10-6-4-8-14(16)21)19-17(21)11-12-18(23)20(19)24/h3-12,23-24H,1-2H3. The molecule has 24 heavy (non-hydrogen) atoms. The summed E-state index contributed by atoms with van der Waals surface area (Å²) in [6, 6.07) is 20.5. The van der Waals surface area contributed by atoms with Gasteiger partial charge in [-0.2, -0.15) is 0 Å². The van der Waals surface area contributed by atoms with Gasteiger partial charge in [-0.25, -0.2) is 0 Å². The van der Waals surface area contributed by atoms with Crippen LogP contribution in [0.3, 0.4) is 0 Å². The maximum Gasteiger partial charge on any atom is 0.162 e. The van der Waals surface area contributed by atoms with E-state index in [1.807, 2.05) is 6.07 Å². The van der Waals surface area contributed by atoms with Gasteiger partial charge in [0.2, 0.25) is 0 Å². The molecule has 0 atom stereocenters. The van der Waals surface area contributed by atoms with Crippen molar-refractivity contribution in [3.8, 4) is 11.5 Å². The molecular weight excluding hydrogens is 296 g/mol. The number of aromatic hydroxyl groups is 2. The van der Waals surface area contributed by atoms with Crippen LogP contribution in [-0.4, -0.2) is 10.2 Å². The van der Waals surface area contributed by atoms with Gasteiger partial charge in [0.05, 0.1) is 0 Å². The van der Waals surface area contributed by atoms with Crippen LogP contribution in [0.15, 0.2) is 60.7 Å². The Morgan fingerprint density at radius 1 is 0.583 bits per heavy atom. The minimum Gasteiger partial charge on any atom is -0.504 e. The summed E-state index contributed by atoms with van der Waals surface area (Å²) in [4.78, 5) is 0. The molecule has 3 aliphatic rings. The van der Waals surface area contributed by atoms with E-state index >= 15 is 0 Å². The fraction of sp³-hybridized carbons (Fsp3) is 0.182. The molecule has 0 heterocycles. The van der Waals surface area contributed by atoms with Crippen molar-refractivity contribution >= 4 is 0 Å². The summed E-state index contributed by atoms with van der Waals surface area (Å²) in [5, 5.41) is 20.9. The van der Waals surface area contributed by atoms with Crippen molar-refractivity contribution < 1.29 is 10.2 Å². The quantitative estimate of drug-likeness (QED) is 0.603. The highest BCUT2D eigenvalue weighted by atomic mass is 16.3. The van der Waals surface area contributed by atoms with Crippen LogP contribution in [0.1, 0.15) is 47.2 Å². The summed E-state index contributed by atoms with van der Waals surface area (Å²) in [5.41, 5.74) is 6.10. The van der Waals surface area contributed by atoms with Crippen molar-refractivity contribution in [2.75, 3.05) is 0 Å². The second-order valence-electron chi connectivity index (χ2n) is 7.20. The molecule has 0 aromatic heterocycles. The van der Waals surface area contributed by atoms with Gasteiger partial charge < -0.3 is 10.2 Å². The van der Waals surface area contributed by atoms with Crippen molar-refractivity contribution in [1.82, 2.24) is 0 Å². The molecule has 6 rings (SSSR count). The monoisotopic (exact) mass is 314 g/mol. The first kappa shape index (κ1) is 13.7. The third-order valence-corrected chi connectivity index (χ3v) is 6.20. The van der Waals surface area contributed by atoms with Gasteiger partial charge in [0.25, 0.3) is 0 Å². The average molecular weight is 314 g/mol. The van der Waals surface area contributed by atoms with Gasteiger partial charge in [0.1, 0.15) is 0 Å². The van der Waals surface area contributed by atoms with E-state index in [4.69, 9.17) is 0 Å². The van der Waals surface area contributed by atoms with E-state index in [1.54, 1.807) is 6.07 Å². The second kappa shape index (κ2) is 4.02. The summed E-state index contributed by atoms with van der Waals surface area (Å²) < 4.78 is 0. The zero-order valence-corrected chi connectivity index (χ0v) is 13.7. The first-order valence-electron chi connectivity index (χ1n) is 8.26.